The fourth-order valence-corrected chi connectivity index (χ4v) is 4.45. The zero-order chi connectivity index (χ0) is 26.5. The van der Waals surface area contributed by atoms with Gasteiger partial charge in [0.15, 0.2) is 0 Å². The van der Waals surface area contributed by atoms with E-state index < -0.39 is 53.3 Å². The summed E-state index contributed by atoms with van der Waals surface area (Å²) in [6.45, 7) is 11.6. The van der Waals surface area contributed by atoms with Gasteiger partial charge in [0.2, 0.25) is 0 Å². The van der Waals surface area contributed by atoms with E-state index in [1.54, 1.807) is 6.92 Å². The molecular weight excluding hydrogens is 470 g/mol. The first kappa shape index (κ1) is 28.9. The Hall–Kier alpha value is -2.36. The van der Waals surface area contributed by atoms with Gasteiger partial charge in [0, 0.05) is 17.7 Å². The standard InChI is InChI=1S/C26H37NO7S/c1-14-8-9-20(15(2)10-19-13-35-18(5)27-19)34-22(29)11-21(28)26(6,7)24(31)16(3)23(30)17(4)25(32)33-12-14/h8,10,13,16-17,20-21,23,28,30H,9,11-12H2,1-7H3/t16-,17-,20+,21+,23-/m1/s1. The minimum atomic E-state index is -1.35. The molecule has 1 aliphatic rings. The van der Waals surface area contributed by atoms with E-state index in [4.69, 9.17) is 9.47 Å². The van der Waals surface area contributed by atoms with Crippen molar-refractivity contribution in [1.29, 1.82) is 0 Å². The van der Waals surface area contributed by atoms with Gasteiger partial charge in [-0.25, -0.2) is 4.98 Å². The smallest absolute Gasteiger partial charge is 0.311 e. The normalized spacial score (nSPS) is 29.9. The van der Waals surface area contributed by atoms with Gasteiger partial charge >= 0.3 is 11.9 Å². The number of aliphatic hydroxyl groups is 2. The molecule has 194 valence electrons. The average Bonchev–Trinajstić information content (AvgIpc) is 3.21. The minimum absolute atomic E-state index is 0.0110. The first-order valence-electron chi connectivity index (χ1n) is 11.8. The second-order valence-corrected chi connectivity index (χ2v) is 11.0. The maximum Gasteiger partial charge on any atom is 0.311 e. The van der Waals surface area contributed by atoms with Gasteiger partial charge in [-0.3, -0.25) is 14.4 Å². The Labute approximate surface area is 211 Å². The molecule has 0 aromatic carbocycles. The van der Waals surface area contributed by atoms with Crippen LogP contribution < -0.4 is 0 Å². The van der Waals surface area contributed by atoms with Gasteiger partial charge in [0.05, 0.1) is 40.7 Å². The van der Waals surface area contributed by atoms with Crippen molar-refractivity contribution in [3.63, 3.8) is 0 Å². The molecule has 0 unspecified atom stereocenters. The Morgan fingerprint density at radius 2 is 1.83 bits per heavy atom. The van der Waals surface area contributed by atoms with E-state index >= 15 is 0 Å². The number of aryl methyl sites for hydroxylation is 1. The van der Waals surface area contributed by atoms with Gasteiger partial charge in [-0.05, 0) is 44.9 Å². The Morgan fingerprint density at radius 1 is 1.17 bits per heavy atom. The molecular formula is C26H37NO7S. The number of ether oxygens (including phenoxy) is 2. The Bertz CT molecular complexity index is 994. The third-order valence-electron chi connectivity index (χ3n) is 6.55. The number of aliphatic hydroxyl groups excluding tert-OH is 2. The molecule has 1 aliphatic heterocycles. The van der Waals surface area contributed by atoms with Crippen LogP contribution in [0, 0.1) is 24.2 Å². The van der Waals surface area contributed by atoms with Crippen LogP contribution in [-0.4, -0.2) is 57.8 Å². The molecule has 2 N–H and O–H groups in total. The van der Waals surface area contributed by atoms with E-state index in [-0.39, 0.29) is 13.0 Å². The van der Waals surface area contributed by atoms with Crippen molar-refractivity contribution in [2.45, 2.75) is 79.6 Å². The molecule has 2 rings (SSSR count). The summed E-state index contributed by atoms with van der Waals surface area (Å²) >= 11 is 1.51. The number of thiazole rings is 1. The van der Waals surface area contributed by atoms with E-state index in [2.05, 4.69) is 4.98 Å². The number of cyclic esters (lactones) is 2. The zero-order valence-electron chi connectivity index (χ0n) is 21.5. The molecule has 0 aliphatic carbocycles. The lowest BCUT2D eigenvalue weighted by Crippen LogP contribution is -2.46. The third kappa shape index (κ3) is 7.56. The van der Waals surface area contributed by atoms with Crippen LogP contribution in [0.15, 0.2) is 22.6 Å². The number of carbonyl (C=O) groups is 3. The lowest BCUT2D eigenvalue weighted by atomic mass is 9.73. The summed E-state index contributed by atoms with van der Waals surface area (Å²) in [6, 6.07) is 0. The average molecular weight is 508 g/mol. The van der Waals surface area contributed by atoms with Gasteiger partial charge in [-0.15, -0.1) is 11.3 Å². The second kappa shape index (κ2) is 12.1. The monoisotopic (exact) mass is 507 g/mol. The van der Waals surface area contributed by atoms with Gasteiger partial charge in [-0.2, -0.15) is 0 Å². The van der Waals surface area contributed by atoms with Gasteiger partial charge in [-0.1, -0.05) is 26.8 Å². The summed E-state index contributed by atoms with van der Waals surface area (Å²) < 4.78 is 11.1. The molecule has 9 heteroatoms. The van der Waals surface area contributed by atoms with Crippen LogP contribution in [0.2, 0.25) is 0 Å². The largest absolute Gasteiger partial charge is 0.461 e. The fraction of sp³-hybridized carbons (Fsp3) is 0.615. The summed E-state index contributed by atoms with van der Waals surface area (Å²) in [7, 11) is 0. The molecule has 0 amide bonds. The zero-order valence-corrected chi connectivity index (χ0v) is 22.3. The number of hydrogen-bond donors (Lipinski definition) is 2. The highest BCUT2D eigenvalue weighted by atomic mass is 32.1. The third-order valence-corrected chi connectivity index (χ3v) is 7.35. The van der Waals surface area contributed by atoms with E-state index in [9.17, 15) is 24.6 Å². The molecule has 35 heavy (non-hydrogen) atoms. The molecule has 8 nitrogen and oxygen atoms in total. The number of aromatic nitrogens is 1. The highest BCUT2D eigenvalue weighted by Crippen LogP contribution is 2.31. The summed E-state index contributed by atoms with van der Waals surface area (Å²) in [5.41, 5.74) is 0.919. The number of carbonyl (C=O) groups excluding carboxylic acids is 3. The number of hydrogen-bond acceptors (Lipinski definition) is 9. The van der Waals surface area contributed by atoms with Gasteiger partial charge in [0.1, 0.15) is 18.5 Å². The SMILES string of the molecule is CC1=CC[C@@H](C(C)=Cc2csc(C)n2)OC(=O)C[C@H](O)C(C)(C)C(=O)[C@H](C)[C@@H](O)[C@@H](C)C(=O)OC1. The van der Waals surface area contributed by atoms with Crippen LogP contribution in [0.5, 0.6) is 0 Å². The Balaban J connectivity index is 2.38. The maximum absolute atomic E-state index is 13.1. The van der Waals surface area contributed by atoms with Crippen molar-refractivity contribution in [1.82, 2.24) is 4.98 Å². The Morgan fingerprint density at radius 3 is 2.43 bits per heavy atom. The molecule has 2 heterocycles. The first-order valence-corrected chi connectivity index (χ1v) is 12.6. The summed E-state index contributed by atoms with van der Waals surface area (Å²) in [5.74, 6) is -3.61. The minimum Gasteiger partial charge on any atom is -0.461 e. The van der Waals surface area contributed by atoms with Crippen LogP contribution in [0.1, 0.15) is 65.1 Å². The van der Waals surface area contributed by atoms with Gasteiger partial charge < -0.3 is 19.7 Å². The summed E-state index contributed by atoms with van der Waals surface area (Å²) in [4.78, 5) is 42.9. The molecule has 0 radical (unpaired) electrons. The highest BCUT2D eigenvalue weighted by molar-refractivity contribution is 7.09. The van der Waals surface area contributed by atoms with Gasteiger partial charge in [0.25, 0.3) is 0 Å². The molecule has 5 atom stereocenters. The summed E-state index contributed by atoms with van der Waals surface area (Å²) in [6.07, 6.45) is 0.350. The van der Waals surface area contributed by atoms with E-state index in [0.29, 0.717) is 6.42 Å². The van der Waals surface area contributed by atoms with Crippen molar-refractivity contribution < 1.29 is 34.1 Å². The van der Waals surface area contributed by atoms with Crippen molar-refractivity contribution >= 4 is 35.1 Å². The molecule has 0 fully saturated rings. The van der Waals surface area contributed by atoms with Crippen LogP contribution in [-0.2, 0) is 23.9 Å². The predicted octanol–water partition coefficient (Wildman–Crippen LogP) is 3.64. The number of nitrogens with zero attached hydrogens (tertiary/aromatic N) is 1. The molecule has 0 saturated carbocycles. The van der Waals surface area contributed by atoms with Crippen molar-refractivity contribution in [2.75, 3.05) is 6.61 Å². The van der Waals surface area contributed by atoms with Crippen LogP contribution >= 0.6 is 11.3 Å². The topological polar surface area (TPSA) is 123 Å². The second-order valence-electron chi connectivity index (χ2n) is 9.93. The van der Waals surface area contributed by atoms with Crippen LogP contribution in [0.4, 0.5) is 0 Å². The molecule has 0 saturated heterocycles. The fourth-order valence-electron chi connectivity index (χ4n) is 3.88. The van der Waals surface area contributed by atoms with Crippen LogP contribution in [0.3, 0.4) is 0 Å². The lowest BCUT2D eigenvalue weighted by molar-refractivity contribution is -0.156. The maximum atomic E-state index is 13.1. The number of Topliss-reactive ketones (excluding diaryl/α,β-unsaturated/α-hetero) is 1. The number of rotatable bonds is 2. The van der Waals surface area contributed by atoms with E-state index in [0.717, 1.165) is 21.8 Å². The van der Waals surface area contributed by atoms with Crippen molar-refractivity contribution in [3.05, 3.63) is 33.3 Å². The van der Waals surface area contributed by atoms with Crippen LogP contribution in [0.25, 0.3) is 6.08 Å². The molecule has 1 aromatic rings. The predicted molar refractivity (Wildman–Crippen MR) is 133 cm³/mol. The summed E-state index contributed by atoms with van der Waals surface area (Å²) in [5, 5.41) is 24.2. The van der Waals surface area contributed by atoms with E-state index in [1.807, 2.05) is 31.4 Å². The molecule has 0 spiro atoms. The van der Waals surface area contributed by atoms with E-state index in [1.165, 1.54) is 39.0 Å². The quantitative estimate of drug-likeness (QED) is 0.459. The lowest BCUT2D eigenvalue weighted by Gasteiger charge is -2.34. The first-order chi connectivity index (χ1) is 16.2. The van der Waals surface area contributed by atoms with Crippen molar-refractivity contribution in [3.8, 4) is 0 Å². The number of esters is 2. The van der Waals surface area contributed by atoms with Crippen molar-refractivity contribution in [2.24, 2.45) is 17.3 Å². The highest BCUT2D eigenvalue weighted by Gasteiger charge is 2.43. The molecule has 0 bridgehead atoms. The Kier molecular flexibility index (Phi) is 9.94. The number of ketones is 1. The molecule has 1 aromatic heterocycles.